The minimum atomic E-state index is -3.61. The molecule has 0 aliphatic heterocycles. The number of carbonyl (C=O) groups excluding carboxylic acids is 1. The van der Waals surface area contributed by atoms with E-state index in [0.717, 1.165) is 22.5 Å². The number of amides is 1. The largest absolute Gasteiger partial charge is 0.279 e. The smallest absolute Gasteiger partial charge is 0.271 e. The number of thiophene rings is 1. The van der Waals surface area contributed by atoms with Crippen LogP contribution in [0.25, 0.3) is 0 Å². The van der Waals surface area contributed by atoms with Crippen LogP contribution in [0.4, 0.5) is 5.69 Å². The molecule has 6 nitrogen and oxygen atoms in total. The summed E-state index contributed by atoms with van der Waals surface area (Å²) in [5, 5.41) is 5.65. The van der Waals surface area contributed by atoms with Crippen molar-refractivity contribution in [3.63, 3.8) is 0 Å². The van der Waals surface area contributed by atoms with Gasteiger partial charge in [0.15, 0.2) is 0 Å². The van der Waals surface area contributed by atoms with Crippen molar-refractivity contribution in [2.75, 3.05) is 4.72 Å². The summed E-state index contributed by atoms with van der Waals surface area (Å²) in [7, 11) is -3.61. The molecule has 2 N–H and O–H groups in total. The first kappa shape index (κ1) is 18.8. The van der Waals surface area contributed by atoms with Crippen LogP contribution in [0, 0.1) is 6.92 Å². The maximum atomic E-state index is 12.2. The summed E-state index contributed by atoms with van der Waals surface area (Å²) >= 11 is 1.13. The van der Waals surface area contributed by atoms with Gasteiger partial charge in [-0.25, -0.2) is 13.8 Å². The molecule has 0 spiro atoms. The molecule has 0 fully saturated rings. The standard InChI is InChI=1S/C19H17N3O3S2/c1-14-5-2-3-6-16(14)13-20-21-19(23)15-8-10-17(11-9-15)22-27(24,25)18-7-4-12-26-18/h2-13,22H,1H3,(H,21,23)/b20-13-. The highest BCUT2D eigenvalue weighted by Gasteiger charge is 2.15. The number of nitrogens with zero attached hydrogens (tertiary/aromatic N) is 1. The number of hydrazone groups is 1. The van der Waals surface area contributed by atoms with E-state index in [1.165, 1.54) is 30.3 Å². The second kappa shape index (κ2) is 8.15. The van der Waals surface area contributed by atoms with E-state index in [4.69, 9.17) is 0 Å². The van der Waals surface area contributed by atoms with Gasteiger partial charge in [-0.1, -0.05) is 30.3 Å². The van der Waals surface area contributed by atoms with E-state index in [1.54, 1.807) is 17.7 Å². The second-order valence-electron chi connectivity index (χ2n) is 5.67. The third kappa shape index (κ3) is 4.81. The van der Waals surface area contributed by atoms with Crippen molar-refractivity contribution in [2.45, 2.75) is 11.1 Å². The Morgan fingerprint density at radius 3 is 2.44 bits per heavy atom. The van der Waals surface area contributed by atoms with Crippen molar-refractivity contribution in [3.8, 4) is 0 Å². The molecule has 1 aromatic heterocycles. The average Bonchev–Trinajstić information content (AvgIpc) is 3.19. The Hall–Kier alpha value is -2.97. The molecule has 0 aliphatic rings. The SMILES string of the molecule is Cc1ccccc1/C=N\NC(=O)c1ccc(NS(=O)(=O)c2cccs2)cc1. The van der Waals surface area contributed by atoms with Crippen LogP contribution in [-0.2, 0) is 10.0 Å². The molecule has 0 atom stereocenters. The zero-order valence-corrected chi connectivity index (χ0v) is 16.0. The summed E-state index contributed by atoms with van der Waals surface area (Å²) in [6.45, 7) is 1.96. The highest BCUT2D eigenvalue weighted by Crippen LogP contribution is 2.20. The molecule has 0 saturated carbocycles. The van der Waals surface area contributed by atoms with Gasteiger partial charge in [0, 0.05) is 11.3 Å². The van der Waals surface area contributed by atoms with E-state index < -0.39 is 10.0 Å². The van der Waals surface area contributed by atoms with Gasteiger partial charge >= 0.3 is 0 Å². The number of anilines is 1. The molecule has 138 valence electrons. The zero-order valence-electron chi connectivity index (χ0n) is 14.4. The number of carbonyl (C=O) groups is 1. The summed E-state index contributed by atoms with van der Waals surface area (Å²) in [5.74, 6) is -0.382. The number of sulfonamides is 1. The minimum absolute atomic E-state index is 0.231. The van der Waals surface area contributed by atoms with Crippen molar-refractivity contribution in [1.29, 1.82) is 0 Å². The van der Waals surface area contributed by atoms with Crippen molar-refractivity contribution < 1.29 is 13.2 Å². The third-order valence-electron chi connectivity index (χ3n) is 3.72. The van der Waals surface area contributed by atoms with E-state index in [9.17, 15) is 13.2 Å². The average molecular weight is 399 g/mol. The number of nitrogens with one attached hydrogen (secondary N) is 2. The molecule has 0 saturated heterocycles. The van der Waals surface area contributed by atoms with Gasteiger partial charge in [-0.3, -0.25) is 9.52 Å². The van der Waals surface area contributed by atoms with Crippen LogP contribution in [0.15, 0.2) is 75.4 Å². The van der Waals surface area contributed by atoms with Crippen LogP contribution in [0.5, 0.6) is 0 Å². The minimum Gasteiger partial charge on any atom is -0.279 e. The number of hydrogen-bond donors (Lipinski definition) is 2. The molecular formula is C19H17N3O3S2. The molecule has 0 radical (unpaired) electrons. The van der Waals surface area contributed by atoms with Gasteiger partial charge in [-0.2, -0.15) is 5.10 Å². The van der Waals surface area contributed by atoms with Gasteiger partial charge in [0.05, 0.1) is 6.21 Å². The fourth-order valence-corrected chi connectivity index (χ4v) is 4.32. The maximum Gasteiger partial charge on any atom is 0.271 e. The molecule has 2 aromatic carbocycles. The predicted octanol–water partition coefficient (Wildman–Crippen LogP) is 3.62. The second-order valence-corrected chi connectivity index (χ2v) is 8.53. The molecule has 3 rings (SSSR count). The zero-order chi connectivity index (χ0) is 19.3. The molecular weight excluding hydrogens is 382 g/mol. The summed E-state index contributed by atoms with van der Waals surface area (Å²) in [6.07, 6.45) is 1.58. The summed E-state index contributed by atoms with van der Waals surface area (Å²) in [4.78, 5) is 12.1. The number of aryl methyl sites for hydroxylation is 1. The first-order valence-corrected chi connectivity index (χ1v) is 10.4. The van der Waals surface area contributed by atoms with E-state index in [0.29, 0.717) is 11.3 Å². The lowest BCUT2D eigenvalue weighted by Gasteiger charge is -2.07. The number of hydrogen-bond acceptors (Lipinski definition) is 5. The Bertz CT molecular complexity index is 1060. The normalized spacial score (nSPS) is 11.4. The lowest BCUT2D eigenvalue weighted by molar-refractivity contribution is 0.0955. The van der Waals surface area contributed by atoms with Gasteiger partial charge in [-0.05, 0) is 53.8 Å². The molecule has 0 aliphatic carbocycles. The van der Waals surface area contributed by atoms with E-state index in [2.05, 4.69) is 15.2 Å². The van der Waals surface area contributed by atoms with Crippen LogP contribution in [0.2, 0.25) is 0 Å². The molecule has 0 bridgehead atoms. The Kier molecular flexibility index (Phi) is 5.68. The first-order valence-electron chi connectivity index (χ1n) is 8.01. The highest BCUT2D eigenvalue weighted by atomic mass is 32.2. The summed E-state index contributed by atoms with van der Waals surface area (Å²) in [5.41, 5.74) is 5.17. The van der Waals surface area contributed by atoms with E-state index >= 15 is 0 Å². The van der Waals surface area contributed by atoms with E-state index in [-0.39, 0.29) is 10.1 Å². The molecule has 27 heavy (non-hydrogen) atoms. The quantitative estimate of drug-likeness (QED) is 0.490. The topological polar surface area (TPSA) is 87.6 Å². The van der Waals surface area contributed by atoms with Gasteiger partial charge in [0.1, 0.15) is 4.21 Å². The fourth-order valence-electron chi connectivity index (χ4n) is 2.27. The molecule has 1 heterocycles. The van der Waals surface area contributed by atoms with Gasteiger partial charge in [-0.15, -0.1) is 11.3 Å². The number of rotatable bonds is 6. The molecule has 0 unspecified atom stereocenters. The fraction of sp³-hybridized carbons (Fsp3) is 0.0526. The predicted molar refractivity (Wildman–Crippen MR) is 108 cm³/mol. The molecule has 1 amide bonds. The lowest BCUT2D eigenvalue weighted by Crippen LogP contribution is -2.18. The number of benzene rings is 2. The molecule has 3 aromatic rings. The summed E-state index contributed by atoms with van der Waals surface area (Å²) < 4.78 is 27.1. The lowest BCUT2D eigenvalue weighted by atomic mass is 10.1. The van der Waals surface area contributed by atoms with Crippen molar-refractivity contribution in [3.05, 3.63) is 82.7 Å². The molecule has 8 heteroatoms. The van der Waals surface area contributed by atoms with Crippen molar-refractivity contribution in [1.82, 2.24) is 5.43 Å². The van der Waals surface area contributed by atoms with Crippen LogP contribution in [0.1, 0.15) is 21.5 Å². The van der Waals surface area contributed by atoms with Crippen LogP contribution in [-0.4, -0.2) is 20.5 Å². The van der Waals surface area contributed by atoms with Gasteiger partial charge in [0.25, 0.3) is 15.9 Å². The van der Waals surface area contributed by atoms with Crippen LogP contribution >= 0.6 is 11.3 Å². The van der Waals surface area contributed by atoms with Crippen LogP contribution < -0.4 is 10.1 Å². The van der Waals surface area contributed by atoms with Gasteiger partial charge in [0.2, 0.25) is 0 Å². The van der Waals surface area contributed by atoms with Crippen molar-refractivity contribution in [2.24, 2.45) is 5.10 Å². The highest BCUT2D eigenvalue weighted by molar-refractivity contribution is 7.94. The Labute approximate surface area is 161 Å². The first-order chi connectivity index (χ1) is 13.0. The third-order valence-corrected chi connectivity index (χ3v) is 6.50. The summed E-state index contributed by atoms with van der Waals surface area (Å²) in [6, 6.07) is 17.0. The van der Waals surface area contributed by atoms with E-state index in [1.807, 2.05) is 31.2 Å². The Morgan fingerprint density at radius 2 is 1.78 bits per heavy atom. The van der Waals surface area contributed by atoms with Gasteiger partial charge < -0.3 is 0 Å². The monoisotopic (exact) mass is 399 g/mol. The maximum absolute atomic E-state index is 12.2. The Morgan fingerprint density at radius 1 is 1.04 bits per heavy atom. The Balaban J connectivity index is 1.63. The van der Waals surface area contributed by atoms with Crippen LogP contribution in [0.3, 0.4) is 0 Å². The van der Waals surface area contributed by atoms with Crippen molar-refractivity contribution >= 4 is 39.2 Å².